The number of benzene rings is 1. The predicted octanol–water partition coefficient (Wildman–Crippen LogP) is 2.47. The summed E-state index contributed by atoms with van der Waals surface area (Å²) >= 11 is 5.87. The van der Waals surface area contributed by atoms with Crippen LogP contribution in [0.2, 0.25) is 5.02 Å². The third kappa shape index (κ3) is 4.76. The minimum absolute atomic E-state index is 0.0893. The van der Waals surface area contributed by atoms with Crippen molar-refractivity contribution < 1.29 is 5.11 Å². The first kappa shape index (κ1) is 17.9. The third-order valence-corrected chi connectivity index (χ3v) is 3.86. The molecule has 1 aliphatic heterocycles. The van der Waals surface area contributed by atoms with Gasteiger partial charge in [0.2, 0.25) is 0 Å². The van der Waals surface area contributed by atoms with Crippen LogP contribution in [-0.2, 0) is 6.42 Å². The molecule has 1 aliphatic rings. The number of nitrogens with zero attached hydrogens (tertiary/aromatic N) is 1. The smallest absolute Gasteiger partial charge is 0.195 e. The van der Waals surface area contributed by atoms with Crippen LogP contribution in [-0.4, -0.2) is 29.4 Å². The number of aliphatic hydroxyl groups is 1. The van der Waals surface area contributed by atoms with Gasteiger partial charge in [0.15, 0.2) is 5.96 Å². The molecule has 0 aliphatic carbocycles. The highest BCUT2D eigenvalue weighted by Gasteiger charge is 2.21. The topological polar surface area (TPSA) is 107 Å². The SMILES string of the molecule is CC(=N)/C(=C(/C)O)C1C=C(NCCc2ccc(Cl)cc2)N=C(N)N1. The average Bonchev–Trinajstić information content (AvgIpc) is 2.48. The summed E-state index contributed by atoms with van der Waals surface area (Å²) in [6.07, 6.45) is 2.62. The van der Waals surface area contributed by atoms with Crippen LogP contribution in [0.1, 0.15) is 19.4 Å². The van der Waals surface area contributed by atoms with E-state index in [1.54, 1.807) is 13.8 Å². The van der Waals surface area contributed by atoms with Crippen molar-refractivity contribution in [1.82, 2.24) is 10.6 Å². The van der Waals surface area contributed by atoms with Gasteiger partial charge >= 0.3 is 0 Å². The van der Waals surface area contributed by atoms with Gasteiger partial charge in [0, 0.05) is 22.9 Å². The van der Waals surface area contributed by atoms with E-state index in [9.17, 15) is 5.11 Å². The summed E-state index contributed by atoms with van der Waals surface area (Å²) in [7, 11) is 0. The molecule has 2 rings (SSSR count). The number of hydrogen-bond acceptors (Lipinski definition) is 6. The molecular weight excluding hydrogens is 326 g/mol. The van der Waals surface area contributed by atoms with Gasteiger partial charge < -0.3 is 26.9 Å². The summed E-state index contributed by atoms with van der Waals surface area (Å²) in [5.74, 6) is 0.952. The maximum atomic E-state index is 9.81. The van der Waals surface area contributed by atoms with Crippen LogP contribution >= 0.6 is 11.6 Å². The fourth-order valence-electron chi connectivity index (χ4n) is 2.53. The Hall–Kier alpha value is -2.47. The Kier molecular flexibility index (Phi) is 5.87. The maximum absolute atomic E-state index is 9.81. The molecule has 0 saturated carbocycles. The summed E-state index contributed by atoms with van der Waals surface area (Å²) in [6, 6.07) is 7.30. The Morgan fingerprint density at radius 1 is 1.38 bits per heavy atom. The normalized spacial score (nSPS) is 18.0. The van der Waals surface area contributed by atoms with E-state index < -0.39 is 0 Å². The number of aliphatic imine (C=N–C) groups is 1. The number of guanidine groups is 1. The number of nitrogens with two attached hydrogens (primary N) is 1. The lowest BCUT2D eigenvalue weighted by Gasteiger charge is -2.24. The van der Waals surface area contributed by atoms with Crippen molar-refractivity contribution in [2.24, 2.45) is 10.7 Å². The van der Waals surface area contributed by atoms with E-state index in [1.807, 2.05) is 30.3 Å². The van der Waals surface area contributed by atoms with Crippen LogP contribution in [0, 0.1) is 5.41 Å². The molecule has 1 aromatic carbocycles. The van der Waals surface area contributed by atoms with Gasteiger partial charge in [-0.2, -0.15) is 4.99 Å². The van der Waals surface area contributed by atoms with Gasteiger partial charge in [0.25, 0.3) is 0 Å². The van der Waals surface area contributed by atoms with E-state index in [4.69, 9.17) is 22.7 Å². The molecule has 0 amide bonds. The van der Waals surface area contributed by atoms with E-state index in [2.05, 4.69) is 15.6 Å². The molecule has 0 fully saturated rings. The molecule has 128 valence electrons. The summed E-state index contributed by atoms with van der Waals surface area (Å²) in [5, 5.41) is 24.5. The number of allylic oxidation sites excluding steroid dienone is 1. The minimum Gasteiger partial charge on any atom is -0.512 e. The van der Waals surface area contributed by atoms with E-state index in [1.165, 1.54) is 0 Å². The van der Waals surface area contributed by atoms with Gasteiger partial charge in [-0.1, -0.05) is 23.7 Å². The predicted molar refractivity (Wildman–Crippen MR) is 98.5 cm³/mol. The first-order valence-electron chi connectivity index (χ1n) is 7.63. The number of hydrogen-bond donors (Lipinski definition) is 5. The number of halogens is 1. The first-order valence-corrected chi connectivity index (χ1v) is 8.00. The highest BCUT2D eigenvalue weighted by molar-refractivity contribution is 6.30. The summed E-state index contributed by atoms with van der Waals surface area (Å²) in [6.45, 7) is 3.86. The molecular formula is C17H22ClN5O. The Balaban J connectivity index is 2.04. The van der Waals surface area contributed by atoms with Crippen molar-refractivity contribution >= 4 is 23.3 Å². The summed E-state index contributed by atoms with van der Waals surface area (Å²) in [5.41, 5.74) is 7.75. The summed E-state index contributed by atoms with van der Waals surface area (Å²) in [4.78, 5) is 4.22. The standard InChI is InChI=1S/C17H22ClN5O/c1-10(19)16(11(2)24)14-9-15(23-17(20)22-14)21-8-7-12-3-5-13(18)6-4-12/h3-6,9,14,19,21,24H,7-8H2,1-2H3,(H3,20,22,23)/b16-11+,19-10?. The van der Waals surface area contributed by atoms with Crippen molar-refractivity contribution in [3.05, 3.63) is 58.1 Å². The zero-order valence-electron chi connectivity index (χ0n) is 13.7. The lowest BCUT2D eigenvalue weighted by atomic mass is 10.0. The largest absolute Gasteiger partial charge is 0.512 e. The molecule has 7 heteroatoms. The zero-order chi connectivity index (χ0) is 17.7. The molecule has 1 atom stereocenters. The second kappa shape index (κ2) is 7.88. The third-order valence-electron chi connectivity index (χ3n) is 3.61. The fraction of sp³-hybridized carbons (Fsp3) is 0.294. The second-order valence-electron chi connectivity index (χ2n) is 5.60. The Bertz CT molecular complexity index is 702. The monoisotopic (exact) mass is 347 g/mol. The van der Waals surface area contributed by atoms with Gasteiger partial charge in [0.05, 0.1) is 11.8 Å². The van der Waals surface area contributed by atoms with Crippen LogP contribution in [0.4, 0.5) is 0 Å². The molecule has 0 saturated heterocycles. The highest BCUT2D eigenvalue weighted by atomic mass is 35.5. The van der Waals surface area contributed by atoms with Gasteiger partial charge in [-0.05, 0) is 44.0 Å². The molecule has 1 aromatic rings. The Labute approximate surface area is 146 Å². The summed E-state index contributed by atoms with van der Waals surface area (Å²) < 4.78 is 0. The van der Waals surface area contributed by atoms with E-state index in [0.717, 1.165) is 12.0 Å². The molecule has 0 bridgehead atoms. The maximum Gasteiger partial charge on any atom is 0.195 e. The minimum atomic E-state index is -0.386. The van der Waals surface area contributed by atoms with Crippen molar-refractivity contribution in [1.29, 1.82) is 5.41 Å². The zero-order valence-corrected chi connectivity index (χ0v) is 14.5. The number of aliphatic hydroxyl groups excluding tert-OH is 1. The molecule has 1 unspecified atom stereocenters. The Morgan fingerprint density at radius 3 is 2.62 bits per heavy atom. The van der Waals surface area contributed by atoms with Crippen molar-refractivity contribution in [3.63, 3.8) is 0 Å². The number of rotatable bonds is 6. The van der Waals surface area contributed by atoms with Crippen LogP contribution in [0.5, 0.6) is 0 Å². The molecule has 0 aromatic heterocycles. The highest BCUT2D eigenvalue weighted by Crippen LogP contribution is 2.15. The van der Waals surface area contributed by atoms with Crippen LogP contribution in [0.3, 0.4) is 0 Å². The van der Waals surface area contributed by atoms with Crippen molar-refractivity contribution in [3.8, 4) is 0 Å². The first-order chi connectivity index (χ1) is 11.4. The van der Waals surface area contributed by atoms with Crippen LogP contribution < -0.4 is 16.4 Å². The van der Waals surface area contributed by atoms with Crippen molar-refractivity contribution in [2.45, 2.75) is 26.3 Å². The molecule has 6 N–H and O–H groups in total. The fourth-order valence-corrected chi connectivity index (χ4v) is 2.65. The lowest BCUT2D eigenvalue weighted by molar-refractivity contribution is 0.406. The van der Waals surface area contributed by atoms with Gasteiger partial charge in [-0.15, -0.1) is 0 Å². The Morgan fingerprint density at radius 2 is 2.04 bits per heavy atom. The van der Waals surface area contributed by atoms with Gasteiger partial charge in [-0.25, -0.2) is 0 Å². The van der Waals surface area contributed by atoms with Crippen LogP contribution in [0.15, 0.2) is 52.5 Å². The second-order valence-corrected chi connectivity index (χ2v) is 6.03. The van der Waals surface area contributed by atoms with E-state index in [-0.39, 0.29) is 23.5 Å². The van der Waals surface area contributed by atoms with E-state index >= 15 is 0 Å². The van der Waals surface area contributed by atoms with Gasteiger partial charge in [-0.3, -0.25) is 0 Å². The molecule has 1 heterocycles. The molecule has 0 radical (unpaired) electrons. The lowest BCUT2D eigenvalue weighted by Crippen LogP contribution is -2.45. The van der Waals surface area contributed by atoms with E-state index in [0.29, 0.717) is 23.0 Å². The average molecular weight is 348 g/mol. The quantitative estimate of drug-likeness (QED) is 0.402. The van der Waals surface area contributed by atoms with Crippen molar-refractivity contribution in [2.75, 3.05) is 6.54 Å². The number of nitrogens with one attached hydrogen (secondary N) is 3. The molecule has 0 spiro atoms. The molecule has 6 nitrogen and oxygen atoms in total. The molecule has 24 heavy (non-hydrogen) atoms. The van der Waals surface area contributed by atoms with Crippen LogP contribution in [0.25, 0.3) is 0 Å². The van der Waals surface area contributed by atoms with Gasteiger partial charge in [0.1, 0.15) is 5.82 Å².